The van der Waals surface area contributed by atoms with Gasteiger partial charge in [0, 0.05) is 18.2 Å². The summed E-state index contributed by atoms with van der Waals surface area (Å²) < 4.78 is 26.4. The summed E-state index contributed by atoms with van der Waals surface area (Å²) in [5, 5.41) is 7.29. The van der Waals surface area contributed by atoms with Crippen LogP contribution in [0.3, 0.4) is 0 Å². The second-order valence-electron chi connectivity index (χ2n) is 12.6. The third kappa shape index (κ3) is 12.3. The number of likely N-dealkylation sites (tertiary alicyclic amines) is 1. The van der Waals surface area contributed by atoms with Crippen molar-refractivity contribution in [2.24, 2.45) is 51.0 Å². The van der Waals surface area contributed by atoms with Gasteiger partial charge in [0.25, 0.3) is 0 Å². The summed E-state index contributed by atoms with van der Waals surface area (Å²) in [4.78, 5) is 36.2. The quantitative estimate of drug-likeness (QED) is 0.0588. The molecule has 0 radical (unpaired) electrons. The fourth-order valence-electron chi connectivity index (χ4n) is 4.97. The molecule has 1 aliphatic rings. The summed E-state index contributed by atoms with van der Waals surface area (Å²) in [6.07, 6.45) is 4.25. The molecule has 13 nitrogen and oxygen atoms in total. The van der Waals surface area contributed by atoms with Gasteiger partial charge in [-0.05, 0) is 86.5 Å². The second-order valence-corrected chi connectivity index (χ2v) is 12.6. The Kier molecular flexibility index (Phi) is 15.7. The van der Waals surface area contributed by atoms with Gasteiger partial charge >= 0.3 is 11.9 Å². The zero-order valence-electron chi connectivity index (χ0n) is 29.0. The van der Waals surface area contributed by atoms with Crippen molar-refractivity contribution in [3.8, 4) is 11.5 Å². The van der Waals surface area contributed by atoms with E-state index in [1.54, 1.807) is 18.2 Å². The van der Waals surface area contributed by atoms with Gasteiger partial charge in [-0.1, -0.05) is 50.8 Å². The maximum atomic E-state index is 14.7. The number of hydrogen-bond donors (Lipinski definition) is 4. The first-order valence-corrected chi connectivity index (χ1v) is 16.9. The summed E-state index contributed by atoms with van der Waals surface area (Å²) in [6.45, 7) is 11.4. The highest BCUT2D eigenvalue weighted by atomic mass is 19.1. The van der Waals surface area contributed by atoms with Gasteiger partial charge < -0.3 is 47.0 Å². The number of benzene rings is 2. The van der Waals surface area contributed by atoms with Crippen LogP contribution in [-0.4, -0.2) is 73.4 Å². The van der Waals surface area contributed by atoms with Gasteiger partial charge in [0.1, 0.15) is 29.4 Å². The Morgan fingerprint density at radius 2 is 1.41 bits per heavy atom. The number of halogens is 1. The smallest absolute Gasteiger partial charge is 0.351 e. The largest absolute Gasteiger partial charge is 0.493 e. The maximum absolute atomic E-state index is 14.7. The van der Waals surface area contributed by atoms with E-state index in [4.69, 9.17) is 42.1 Å². The minimum Gasteiger partial charge on any atom is -0.493 e. The van der Waals surface area contributed by atoms with Gasteiger partial charge in [0.2, 0.25) is 0 Å². The van der Waals surface area contributed by atoms with E-state index in [1.165, 1.54) is 12.1 Å². The van der Waals surface area contributed by atoms with Crippen molar-refractivity contribution in [1.29, 1.82) is 0 Å². The minimum absolute atomic E-state index is 0.00156. The number of amidine groups is 2. The van der Waals surface area contributed by atoms with Crippen molar-refractivity contribution < 1.29 is 33.1 Å². The van der Waals surface area contributed by atoms with Gasteiger partial charge in [-0.3, -0.25) is 0 Å². The molecule has 0 bridgehead atoms. The number of oxime groups is 2. The lowest BCUT2D eigenvalue weighted by Crippen LogP contribution is -2.37. The monoisotopic (exact) mass is 685 g/mol. The number of nitrogens with two attached hydrogens (primary N) is 4. The fraction of sp³-hybridized carbons (Fsp3) is 0.543. The first-order chi connectivity index (χ1) is 23.4. The third-order valence-electron chi connectivity index (χ3n) is 8.97. The number of rotatable bonds is 18. The second kappa shape index (κ2) is 19.7. The van der Waals surface area contributed by atoms with Crippen molar-refractivity contribution in [3.63, 3.8) is 0 Å². The Morgan fingerprint density at radius 3 is 1.96 bits per heavy atom. The predicted octanol–water partition coefficient (Wildman–Crippen LogP) is 3.46. The topological polar surface area (TPSA) is 203 Å². The molecule has 3 rings (SSSR count). The number of hydrogen-bond acceptors (Lipinski definition) is 11. The van der Waals surface area contributed by atoms with Crippen LogP contribution >= 0.6 is 0 Å². The van der Waals surface area contributed by atoms with Crippen LogP contribution in [0, 0.1) is 23.6 Å². The van der Waals surface area contributed by atoms with E-state index in [9.17, 15) is 14.0 Å². The Morgan fingerprint density at radius 1 is 0.857 bits per heavy atom. The van der Waals surface area contributed by atoms with Crippen molar-refractivity contribution in [2.75, 3.05) is 32.8 Å². The van der Waals surface area contributed by atoms with Crippen LogP contribution in [0.5, 0.6) is 11.5 Å². The number of carbonyl (C=O) groups is 2. The molecule has 0 aromatic heterocycles. The average molecular weight is 686 g/mol. The molecule has 2 aromatic rings. The lowest BCUT2D eigenvalue weighted by atomic mass is 9.98. The molecule has 0 aliphatic carbocycles. The number of ether oxygens (including phenoxy) is 2. The molecular weight excluding hydrogens is 633 g/mol. The van der Waals surface area contributed by atoms with Crippen LogP contribution in [-0.2, 0) is 19.3 Å². The summed E-state index contributed by atoms with van der Waals surface area (Å²) in [6, 6.07) is 9.81. The van der Waals surface area contributed by atoms with Crippen molar-refractivity contribution in [2.45, 2.75) is 71.9 Å². The van der Waals surface area contributed by atoms with Gasteiger partial charge in [-0.25, -0.2) is 14.0 Å². The number of nitrogens with zero attached hydrogens (tertiary/aromatic N) is 3. The van der Waals surface area contributed by atoms with Crippen LogP contribution < -0.4 is 32.4 Å². The standard InChI is InChI=1S/C35H52FN7O6/c1-5-22(3)30(37)34(44)48-41-32(39)25-8-10-26(11-9-25)47-21-24-14-17-43(18-15-24)16-7-19-46-27-12-13-28(29(36)20-27)33(40)42-49-35(45)31(38)23(4)6-2/h8-13,20,22-24,30-31H,5-7,14-19,21,37-38H2,1-4H3,(H2,39,41)(H2,40,42)/t22-,23-,30-,31-/m0/s1. The van der Waals surface area contributed by atoms with Crippen LogP contribution in [0.2, 0.25) is 0 Å². The lowest BCUT2D eigenvalue weighted by molar-refractivity contribution is -0.147. The lowest BCUT2D eigenvalue weighted by Gasteiger charge is -2.31. The molecule has 1 heterocycles. The van der Waals surface area contributed by atoms with E-state index in [0.717, 1.165) is 51.1 Å². The summed E-state index contributed by atoms with van der Waals surface area (Å²) in [7, 11) is 0. The predicted molar refractivity (Wildman–Crippen MR) is 186 cm³/mol. The summed E-state index contributed by atoms with van der Waals surface area (Å²) in [5.41, 5.74) is 24.1. The highest BCUT2D eigenvalue weighted by Crippen LogP contribution is 2.21. The van der Waals surface area contributed by atoms with Crippen molar-refractivity contribution in [3.05, 3.63) is 59.4 Å². The first-order valence-electron chi connectivity index (χ1n) is 16.9. The molecule has 0 amide bonds. The van der Waals surface area contributed by atoms with Crippen molar-refractivity contribution >= 4 is 23.6 Å². The zero-order valence-corrected chi connectivity index (χ0v) is 29.0. The van der Waals surface area contributed by atoms with Gasteiger partial charge in [-0.2, -0.15) is 0 Å². The molecule has 1 fully saturated rings. The summed E-state index contributed by atoms with van der Waals surface area (Å²) >= 11 is 0. The Balaban J connectivity index is 1.33. The molecule has 14 heteroatoms. The summed E-state index contributed by atoms with van der Waals surface area (Å²) in [5.74, 6) is -0.753. The molecule has 2 aromatic carbocycles. The Hall–Kier alpha value is -4.27. The molecule has 270 valence electrons. The molecule has 0 saturated carbocycles. The van der Waals surface area contributed by atoms with E-state index in [1.807, 2.05) is 39.8 Å². The average Bonchev–Trinajstić information content (AvgIpc) is 3.12. The van der Waals surface area contributed by atoms with Crippen LogP contribution in [0.25, 0.3) is 0 Å². The molecule has 1 aliphatic heterocycles. The number of piperidine rings is 1. The van der Waals surface area contributed by atoms with E-state index in [0.29, 0.717) is 36.9 Å². The van der Waals surface area contributed by atoms with Crippen LogP contribution in [0.4, 0.5) is 4.39 Å². The van der Waals surface area contributed by atoms with E-state index >= 15 is 0 Å². The van der Waals surface area contributed by atoms with E-state index in [2.05, 4.69) is 15.2 Å². The van der Waals surface area contributed by atoms with Crippen LogP contribution in [0.15, 0.2) is 52.8 Å². The number of carbonyl (C=O) groups excluding carboxylic acids is 2. The van der Waals surface area contributed by atoms with E-state index < -0.39 is 29.8 Å². The molecule has 8 N–H and O–H groups in total. The zero-order chi connectivity index (χ0) is 35.9. The molecular formula is C35H52FN7O6. The first kappa shape index (κ1) is 39.2. The third-order valence-corrected chi connectivity index (χ3v) is 8.97. The molecule has 0 unspecified atom stereocenters. The highest BCUT2D eigenvalue weighted by molar-refractivity contribution is 5.98. The Bertz CT molecular complexity index is 1420. The van der Waals surface area contributed by atoms with Gasteiger partial charge in [0.05, 0.1) is 18.8 Å². The van der Waals surface area contributed by atoms with Crippen LogP contribution in [0.1, 0.15) is 70.9 Å². The fourth-order valence-corrected chi connectivity index (χ4v) is 4.97. The molecule has 4 atom stereocenters. The van der Waals surface area contributed by atoms with Gasteiger partial charge in [0.15, 0.2) is 11.7 Å². The maximum Gasteiger partial charge on any atom is 0.351 e. The SMILES string of the molecule is CC[C@H](C)[C@H](N)C(=O)ON=C(N)c1ccc(OCC2CCN(CCCOc3ccc(C(N)=NOC(=O)[C@@H](N)[C@@H](C)CC)c(F)c3)CC2)cc1. The van der Waals surface area contributed by atoms with Gasteiger partial charge in [-0.15, -0.1) is 0 Å². The molecule has 1 saturated heterocycles. The Labute approximate surface area is 288 Å². The van der Waals surface area contributed by atoms with Crippen molar-refractivity contribution in [1.82, 2.24) is 4.90 Å². The highest BCUT2D eigenvalue weighted by Gasteiger charge is 2.23. The van der Waals surface area contributed by atoms with E-state index in [-0.39, 0.29) is 29.1 Å². The molecule has 49 heavy (non-hydrogen) atoms. The minimum atomic E-state index is -0.840. The molecule has 0 spiro atoms. The normalized spacial score (nSPS) is 17.1.